The van der Waals surface area contributed by atoms with Crippen molar-refractivity contribution in [1.82, 2.24) is 0 Å². The lowest BCUT2D eigenvalue weighted by molar-refractivity contribution is 0.728. The van der Waals surface area contributed by atoms with Crippen LogP contribution in [-0.2, 0) is 0 Å². The van der Waals surface area contributed by atoms with Crippen LogP contribution in [-0.4, -0.2) is 0 Å². The molecule has 0 saturated heterocycles. The maximum Gasteiger partial charge on any atom is 0.0212 e. The third kappa shape index (κ3) is 2.60. The number of benzene rings is 1. The second-order valence-electron chi connectivity index (χ2n) is 4.24. The molecular weight excluding hydrogens is 236 g/mol. The van der Waals surface area contributed by atoms with Gasteiger partial charge in [0.25, 0.3) is 0 Å². The molecule has 0 aromatic heterocycles. The molecule has 0 saturated carbocycles. The Balaban J connectivity index is 3.01. The van der Waals surface area contributed by atoms with Crippen molar-refractivity contribution in [3.63, 3.8) is 0 Å². The van der Waals surface area contributed by atoms with Crippen LogP contribution in [0.1, 0.15) is 57.1 Å². The van der Waals surface area contributed by atoms with E-state index in [4.69, 9.17) is 0 Å². The third-order valence-corrected chi connectivity index (χ3v) is 3.52. The summed E-state index contributed by atoms with van der Waals surface area (Å²) in [7, 11) is 0. The van der Waals surface area contributed by atoms with Crippen molar-refractivity contribution in [1.29, 1.82) is 0 Å². The maximum atomic E-state index is 3.66. The zero-order valence-corrected chi connectivity index (χ0v) is 11.1. The summed E-state index contributed by atoms with van der Waals surface area (Å²) < 4.78 is 1.26. The summed E-state index contributed by atoms with van der Waals surface area (Å²) in [5.41, 5.74) is 2.83. The average Bonchev–Trinajstić information content (AvgIpc) is 2.16. The van der Waals surface area contributed by atoms with E-state index in [9.17, 15) is 0 Å². The summed E-state index contributed by atoms with van der Waals surface area (Å²) in [5, 5.41) is 0. The van der Waals surface area contributed by atoms with Gasteiger partial charge in [-0.2, -0.15) is 0 Å². The van der Waals surface area contributed by atoms with Gasteiger partial charge in [-0.05, 0) is 35.4 Å². The minimum absolute atomic E-state index is 0.609. The van der Waals surface area contributed by atoms with Gasteiger partial charge >= 0.3 is 0 Å². The van der Waals surface area contributed by atoms with Crippen LogP contribution in [0.2, 0.25) is 0 Å². The van der Waals surface area contributed by atoms with Crippen LogP contribution >= 0.6 is 15.9 Å². The smallest absolute Gasteiger partial charge is 0.0212 e. The fourth-order valence-corrected chi connectivity index (χ4v) is 2.31. The molecule has 0 bridgehead atoms. The lowest BCUT2D eigenvalue weighted by Gasteiger charge is -2.14. The van der Waals surface area contributed by atoms with E-state index in [1.54, 1.807) is 0 Å². The summed E-state index contributed by atoms with van der Waals surface area (Å²) in [6.07, 6.45) is 1.19. The van der Waals surface area contributed by atoms with Gasteiger partial charge in [-0.15, -0.1) is 0 Å². The molecule has 0 radical (unpaired) electrons. The molecule has 1 aromatic rings. The Kier molecular flexibility index (Phi) is 4.18. The normalized spacial score (nSPS) is 13.3. The summed E-state index contributed by atoms with van der Waals surface area (Å²) >= 11 is 3.66. The van der Waals surface area contributed by atoms with Crippen LogP contribution in [0, 0.1) is 0 Å². The van der Waals surface area contributed by atoms with Crippen molar-refractivity contribution in [2.24, 2.45) is 0 Å². The van der Waals surface area contributed by atoms with Gasteiger partial charge in [-0.1, -0.05) is 55.8 Å². The molecule has 78 valence electrons. The first kappa shape index (κ1) is 11.8. The zero-order chi connectivity index (χ0) is 10.7. The predicted molar refractivity (Wildman–Crippen MR) is 66.9 cm³/mol. The highest BCUT2D eigenvalue weighted by atomic mass is 79.9. The highest BCUT2D eigenvalue weighted by Gasteiger charge is 2.08. The van der Waals surface area contributed by atoms with Gasteiger partial charge in [0, 0.05) is 4.47 Å². The molecule has 1 aromatic carbocycles. The molecule has 0 amide bonds. The minimum atomic E-state index is 0.609. The Morgan fingerprint density at radius 3 is 2.29 bits per heavy atom. The molecule has 1 unspecified atom stereocenters. The van der Waals surface area contributed by atoms with Crippen molar-refractivity contribution in [2.45, 2.75) is 46.0 Å². The Labute approximate surface area is 95.9 Å². The molecule has 0 aliphatic rings. The van der Waals surface area contributed by atoms with Crippen LogP contribution in [0.15, 0.2) is 22.7 Å². The number of halogens is 1. The topological polar surface area (TPSA) is 0 Å². The van der Waals surface area contributed by atoms with Crippen LogP contribution in [0.4, 0.5) is 0 Å². The first-order valence-electron chi connectivity index (χ1n) is 5.35. The summed E-state index contributed by atoms with van der Waals surface area (Å²) in [6, 6.07) is 6.76. The lowest BCUT2D eigenvalue weighted by Crippen LogP contribution is -1.95. The maximum absolute atomic E-state index is 3.66. The first-order valence-corrected chi connectivity index (χ1v) is 6.14. The van der Waals surface area contributed by atoms with Gasteiger partial charge in [0.1, 0.15) is 0 Å². The van der Waals surface area contributed by atoms with E-state index in [0.717, 1.165) is 0 Å². The van der Waals surface area contributed by atoms with Gasteiger partial charge in [-0.25, -0.2) is 0 Å². The molecule has 1 heteroatoms. The molecule has 0 N–H and O–H groups in total. The van der Waals surface area contributed by atoms with Crippen LogP contribution in [0.25, 0.3) is 0 Å². The highest BCUT2D eigenvalue weighted by Crippen LogP contribution is 2.29. The van der Waals surface area contributed by atoms with Crippen LogP contribution < -0.4 is 0 Å². The van der Waals surface area contributed by atoms with Crippen LogP contribution in [0.5, 0.6) is 0 Å². The number of rotatable bonds is 3. The number of hydrogen-bond acceptors (Lipinski definition) is 0. The zero-order valence-electron chi connectivity index (χ0n) is 9.47. The van der Waals surface area contributed by atoms with E-state index in [-0.39, 0.29) is 0 Å². The van der Waals surface area contributed by atoms with Crippen molar-refractivity contribution in [2.75, 3.05) is 0 Å². The Morgan fingerprint density at radius 1 is 1.21 bits per heavy atom. The van der Waals surface area contributed by atoms with E-state index < -0.39 is 0 Å². The van der Waals surface area contributed by atoms with Crippen molar-refractivity contribution >= 4 is 15.9 Å². The second kappa shape index (κ2) is 4.97. The van der Waals surface area contributed by atoms with Gasteiger partial charge in [-0.3, -0.25) is 0 Å². The molecule has 0 spiro atoms. The fourth-order valence-electron chi connectivity index (χ4n) is 1.52. The van der Waals surface area contributed by atoms with E-state index in [1.165, 1.54) is 22.0 Å². The standard InChI is InChI=1S/C13H19Br/c1-5-10(4)12-7-6-11(9(2)3)8-13(12)14/h6-10H,5H2,1-4H3. The average molecular weight is 255 g/mol. The first-order chi connectivity index (χ1) is 6.56. The van der Waals surface area contributed by atoms with Crippen molar-refractivity contribution < 1.29 is 0 Å². The molecule has 14 heavy (non-hydrogen) atoms. The van der Waals surface area contributed by atoms with Gasteiger partial charge in [0.05, 0.1) is 0 Å². The van der Waals surface area contributed by atoms with Crippen LogP contribution in [0.3, 0.4) is 0 Å². The third-order valence-electron chi connectivity index (χ3n) is 2.83. The van der Waals surface area contributed by atoms with E-state index >= 15 is 0 Å². The van der Waals surface area contributed by atoms with Gasteiger partial charge in [0.2, 0.25) is 0 Å². The predicted octanol–water partition coefficient (Wildman–Crippen LogP) is 5.09. The van der Waals surface area contributed by atoms with Gasteiger partial charge in [0.15, 0.2) is 0 Å². The second-order valence-corrected chi connectivity index (χ2v) is 5.10. The minimum Gasteiger partial charge on any atom is -0.0648 e. The molecule has 0 heterocycles. The summed E-state index contributed by atoms with van der Waals surface area (Å²) in [6.45, 7) is 8.96. The van der Waals surface area contributed by atoms with E-state index in [0.29, 0.717) is 11.8 Å². The van der Waals surface area contributed by atoms with E-state index in [1.807, 2.05) is 0 Å². The molecule has 0 nitrogen and oxygen atoms in total. The largest absolute Gasteiger partial charge is 0.0648 e. The quantitative estimate of drug-likeness (QED) is 0.706. The van der Waals surface area contributed by atoms with Crippen molar-refractivity contribution in [3.8, 4) is 0 Å². The summed E-state index contributed by atoms with van der Waals surface area (Å²) in [4.78, 5) is 0. The monoisotopic (exact) mass is 254 g/mol. The van der Waals surface area contributed by atoms with Crippen molar-refractivity contribution in [3.05, 3.63) is 33.8 Å². The lowest BCUT2D eigenvalue weighted by atomic mass is 9.95. The molecular formula is C13H19Br. The Bertz CT molecular complexity index is 302. The highest BCUT2D eigenvalue weighted by molar-refractivity contribution is 9.10. The Morgan fingerprint density at radius 2 is 1.86 bits per heavy atom. The van der Waals surface area contributed by atoms with E-state index in [2.05, 4.69) is 61.8 Å². The van der Waals surface area contributed by atoms with Gasteiger partial charge < -0.3 is 0 Å². The Hall–Kier alpha value is -0.300. The molecule has 0 aliphatic heterocycles. The molecule has 1 rings (SSSR count). The summed E-state index contributed by atoms with van der Waals surface area (Å²) in [5.74, 6) is 1.25. The molecule has 0 fully saturated rings. The molecule has 0 aliphatic carbocycles. The molecule has 1 atom stereocenters. The number of hydrogen-bond donors (Lipinski definition) is 0. The fraction of sp³-hybridized carbons (Fsp3) is 0.538. The SMILES string of the molecule is CCC(C)c1ccc(C(C)C)cc1Br.